The number of aliphatic hydroxyl groups excluding tert-OH is 1. The van der Waals surface area contributed by atoms with Crippen LogP contribution in [0.5, 0.6) is 5.75 Å². The summed E-state index contributed by atoms with van der Waals surface area (Å²) in [6.07, 6.45) is 9.40. The normalized spacial score (nSPS) is 17.9. The van der Waals surface area contributed by atoms with Crippen molar-refractivity contribution >= 4 is 15.9 Å². The molecule has 0 amide bonds. The van der Waals surface area contributed by atoms with Gasteiger partial charge in [-0.1, -0.05) is 48.0 Å². The van der Waals surface area contributed by atoms with E-state index in [0.717, 1.165) is 28.1 Å². The molecule has 1 saturated carbocycles. The average Bonchev–Trinajstić information content (AvgIpc) is 2.48. The third-order valence-corrected chi connectivity index (χ3v) is 5.11. The van der Waals surface area contributed by atoms with Crippen LogP contribution in [0.4, 0.5) is 0 Å². The van der Waals surface area contributed by atoms with Crippen molar-refractivity contribution < 1.29 is 9.84 Å². The molecular formula is C17H25BrO2. The molecule has 0 radical (unpaired) electrons. The van der Waals surface area contributed by atoms with Gasteiger partial charge in [0.15, 0.2) is 0 Å². The van der Waals surface area contributed by atoms with Crippen molar-refractivity contribution in [2.45, 2.75) is 57.5 Å². The van der Waals surface area contributed by atoms with E-state index in [1.54, 1.807) is 7.11 Å². The van der Waals surface area contributed by atoms with Gasteiger partial charge in [0.2, 0.25) is 0 Å². The number of methoxy groups -OCH3 is 1. The van der Waals surface area contributed by atoms with Crippen molar-refractivity contribution in [2.75, 3.05) is 7.11 Å². The third-order valence-electron chi connectivity index (χ3n) is 4.34. The summed E-state index contributed by atoms with van der Waals surface area (Å²) in [7, 11) is 1.67. The van der Waals surface area contributed by atoms with E-state index >= 15 is 0 Å². The second-order valence-electron chi connectivity index (χ2n) is 5.90. The summed E-state index contributed by atoms with van der Waals surface area (Å²) < 4.78 is 6.30. The number of aliphatic hydroxyl groups is 1. The van der Waals surface area contributed by atoms with Gasteiger partial charge < -0.3 is 9.84 Å². The zero-order valence-electron chi connectivity index (χ0n) is 12.3. The monoisotopic (exact) mass is 340 g/mol. The van der Waals surface area contributed by atoms with Crippen LogP contribution >= 0.6 is 15.9 Å². The number of ether oxygens (including phenoxy) is 1. The van der Waals surface area contributed by atoms with Crippen LogP contribution in [0.3, 0.4) is 0 Å². The predicted octanol–water partition coefficient (Wildman–Crippen LogP) is 4.72. The van der Waals surface area contributed by atoms with Gasteiger partial charge in [-0.25, -0.2) is 0 Å². The summed E-state index contributed by atoms with van der Waals surface area (Å²) in [5, 5.41) is 10.3. The zero-order chi connectivity index (χ0) is 14.4. The standard InChI is InChI=1S/C17H25BrO2/c1-20-16-9-10-17(18)14(12-16)11-15(19)8-7-13-5-3-2-4-6-13/h9-10,12-13,15,19H,2-8,11H2,1H3. The van der Waals surface area contributed by atoms with Crippen molar-refractivity contribution in [2.24, 2.45) is 5.92 Å². The van der Waals surface area contributed by atoms with E-state index in [9.17, 15) is 5.11 Å². The maximum Gasteiger partial charge on any atom is 0.119 e. The second-order valence-corrected chi connectivity index (χ2v) is 6.75. The highest BCUT2D eigenvalue weighted by atomic mass is 79.9. The lowest BCUT2D eigenvalue weighted by Gasteiger charge is -2.22. The van der Waals surface area contributed by atoms with Crippen LogP contribution < -0.4 is 4.74 Å². The number of hydrogen-bond acceptors (Lipinski definition) is 2. The molecule has 20 heavy (non-hydrogen) atoms. The molecule has 1 aliphatic carbocycles. The third kappa shape index (κ3) is 4.78. The van der Waals surface area contributed by atoms with Gasteiger partial charge in [-0.2, -0.15) is 0 Å². The maximum atomic E-state index is 10.3. The van der Waals surface area contributed by atoms with Crippen LogP contribution in [0.15, 0.2) is 22.7 Å². The Hall–Kier alpha value is -0.540. The fraction of sp³-hybridized carbons (Fsp3) is 0.647. The van der Waals surface area contributed by atoms with Gasteiger partial charge in [0.25, 0.3) is 0 Å². The van der Waals surface area contributed by atoms with Crippen molar-refractivity contribution in [3.8, 4) is 5.75 Å². The molecule has 1 aliphatic rings. The van der Waals surface area contributed by atoms with Gasteiger partial charge in [-0.05, 0) is 48.9 Å². The van der Waals surface area contributed by atoms with E-state index in [0.29, 0.717) is 6.42 Å². The summed E-state index contributed by atoms with van der Waals surface area (Å²) in [4.78, 5) is 0. The molecule has 0 aliphatic heterocycles. The second kappa shape index (κ2) is 8.04. The highest BCUT2D eigenvalue weighted by Crippen LogP contribution is 2.29. The highest BCUT2D eigenvalue weighted by Gasteiger charge is 2.16. The summed E-state index contributed by atoms with van der Waals surface area (Å²) in [5.74, 6) is 1.69. The summed E-state index contributed by atoms with van der Waals surface area (Å²) in [6, 6.07) is 5.93. The molecule has 1 N–H and O–H groups in total. The lowest BCUT2D eigenvalue weighted by atomic mass is 9.85. The number of rotatable bonds is 6. The zero-order valence-corrected chi connectivity index (χ0v) is 13.9. The fourth-order valence-electron chi connectivity index (χ4n) is 3.09. The van der Waals surface area contributed by atoms with Gasteiger partial charge in [0, 0.05) is 4.47 Å². The fourth-order valence-corrected chi connectivity index (χ4v) is 3.50. The van der Waals surface area contributed by atoms with Gasteiger partial charge in [-0.3, -0.25) is 0 Å². The van der Waals surface area contributed by atoms with Crippen molar-refractivity contribution in [1.82, 2.24) is 0 Å². The lowest BCUT2D eigenvalue weighted by Crippen LogP contribution is -2.14. The Morgan fingerprint density at radius 1 is 1.30 bits per heavy atom. The SMILES string of the molecule is COc1ccc(Br)c(CC(O)CCC2CCCCC2)c1. The molecule has 1 aromatic carbocycles. The molecule has 3 heteroatoms. The van der Waals surface area contributed by atoms with E-state index in [2.05, 4.69) is 15.9 Å². The van der Waals surface area contributed by atoms with E-state index < -0.39 is 0 Å². The summed E-state index contributed by atoms with van der Waals surface area (Å²) in [5.41, 5.74) is 1.13. The lowest BCUT2D eigenvalue weighted by molar-refractivity contribution is 0.149. The molecule has 1 unspecified atom stereocenters. The molecule has 1 fully saturated rings. The van der Waals surface area contributed by atoms with E-state index in [-0.39, 0.29) is 6.10 Å². The number of halogens is 1. The molecule has 1 aromatic rings. The first-order valence-corrected chi connectivity index (χ1v) is 8.49. The Kier molecular flexibility index (Phi) is 6.37. The molecule has 2 rings (SSSR count). The molecule has 112 valence electrons. The van der Waals surface area contributed by atoms with Crippen LogP contribution in [0.1, 0.15) is 50.5 Å². The number of hydrogen-bond donors (Lipinski definition) is 1. The minimum absolute atomic E-state index is 0.250. The van der Waals surface area contributed by atoms with Crippen molar-refractivity contribution in [1.29, 1.82) is 0 Å². The van der Waals surface area contributed by atoms with Gasteiger partial charge >= 0.3 is 0 Å². The smallest absolute Gasteiger partial charge is 0.119 e. The first-order valence-electron chi connectivity index (χ1n) is 7.69. The summed E-state index contributed by atoms with van der Waals surface area (Å²) in [6.45, 7) is 0. The minimum Gasteiger partial charge on any atom is -0.497 e. The summed E-state index contributed by atoms with van der Waals surface area (Å²) >= 11 is 3.55. The van der Waals surface area contributed by atoms with Crippen LogP contribution in [-0.2, 0) is 6.42 Å². The molecular weight excluding hydrogens is 316 g/mol. The van der Waals surface area contributed by atoms with Crippen molar-refractivity contribution in [3.63, 3.8) is 0 Å². The average molecular weight is 341 g/mol. The Morgan fingerprint density at radius 2 is 2.05 bits per heavy atom. The quantitative estimate of drug-likeness (QED) is 0.811. The van der Waals surface area contributed by atoms with E-state index in [1.807, 2.05) is 18.2 Å². The highest BCUT2D eigenvalue weighted by molar-refractivity contribution is 9.10. The van der Waals surface area contributed by atoms with Gasteiger partial charge in [0.1, 0.15) is 5.75 Å². The Bertz CT molecular complexity index is 413. The van der Waals surface area contributed by atoms with Crippen LogP contribution in [0.2, 0.25) is 0 Å². The first-order chi connectivity index (χ1) is 9.69. The largest absolute Gasteiger partial charge is 0.497 e. The Morgan fingerprint density at radius 3 is 2.75 bits per heavy atom. The molecule has 0 saturated heterocycles. The van der Waals surface area contributed by atoms with Gasteiger partial charge in [0.05, 0.1) is 13.2 Å². The predicted molar refractivity (Wildman–Crippen MR) is 86.2 cm³/mol. The minimum atomic E-state index is -0.250. The van der Waals surface area contributed by atoms with Crippen molar-refractivity contribution in [3.05, 3.63) is 28.2 Å². The molecule has 0 heterocycles. The molecule has 0 bridgehead atoms. The van der Waals surface area contributed by atoms with Crippen LogP contribution in [0.25, 0.3) is 0 Å². The first kappa shape index (κ1) is 15.8. The van der Waals surface area contributed by atoms with E-state index in [1.165, 1.54) is 38.5 Å². The Balaban J connectivity index is 1.82. The molecule has 0 aromatic heterocycles. The molecule has 1 atom stereocenters. The van der Waals surface area contributed by atoms with Gasteiger partial charge in [-0.15, -0.1) is 0 Å². The van der Waals surface area contributed by atoms with Crippen LogP contribution in [-0.4, -0.2) is 18.3 Å². The Labute approximate surface area is 130 Å². The molecule has 2 nitrogen and oxygen atoms in total. The maximum absolute atomic E-state index is 10.3. The number of benzene rings is 1. The topological polar surface area (TPSA) is 29.5 Å². The van der Waals surface area contributed by atoms with Crippen LogP contribution in [0, 0.1) is 5.92 Å². The molecule has 0 spiro atoms. The van der Waals surface area contributed by atoms with E-state index in [4.69, 9.17) is 4.74 Å².